The van der Waals surface area contributed by atoms with Crippen LogP contribution < -0.4 is 5.73 Å². The smallest absolute Gasteiger partial charge is 0.410 e. The number of likely N-dealkylation sites (tertiary alicyclic amines) is 1. The van der Waals surface area contributed by atoms with Crippen molar-refractivity contribution in [2.24, 2.45) is 11.7 Å². The van der Waals surface area contributed by atoms with Gasteiger partial charge in [0, 0.05) is 31.7 Å². The third-order valence-electron chi connectivity index (χ3n) is 3.19. The van der Waals surface area contributed by atoms with Gasteiger partial charge in [0.2, 0.25) is 0 Å². The number of rotatable bonds is 3. The summed E-state index contributed by atoms with van der Waals surface area (Å²) in [5, 5.41) is 9.09. The minimum Gasteiger partial charge on any atom is -0.445 e. The zero-order valence-electron chi connectivity index (χ0n) is 10.2. The van der Waals surface area contributed by atoms with E-state index in [1.54, 1.807) is 4.90 Å². The number of hydrogen-bond donors (Lipinski definition) is 2. The Labute approximate surface area is 106 Å². The maximum absolute atomic E-state index is 11.8. The minimum atomic E-state index is -0.370. The van der Waals surface area contributed by atoms with Gasteiger partial charge in [0.1, 0.15) is 6.61 Å². The fourth-order valence-corrected chi connectivity index (χ4v) is 2.05. The number of hydrogen-bond acceptors (Lipinski definition) is 4. The topological polar surface area (TPSA) is 75.8 Å². The molecule has 0 aromatic heterocycles. The summed E-state index contributed by atoms with van der Waals surface area (Å²) in [6.45, 7) is 1.17. The van der Waals surface area contributed by atoms with Crippen molar-refractivity contribution in [3.63, 3.8) is 0 Å². The van der Waals surface area contributed by atoms with E-state index in [0.717, 1.165) is 5.56 Å². The lowest BCUT2D eigenvalue weighted by Gasteiger charge is -2.15. The molecule has 0 spiro atoms. The highest BCUT2D eigenvalue weighted by atomic mass is 16.6. The minimum absolute atomic E-state index is 0.00360. The first-order valence-electron chi connectivity index (χ1n) is 6.02. The van der Waals surface area contributed by atoms with Crippen LogP contribution in [0.3, 0.4) is 0 Å². The molecule has 1 aliphatic rings. The van der Waals surface area contributed by atoms with Crippen molar-refractivity contribution in [3.8, 4) is 0 Å². The van der Waals surface area contributed by atoms with Gasteiger partial charge in [-0.3, -0.25) is 0 Å². The molecule has 1 fully saturated rings. The van der Waals surface area contributed by atoms with Gasteiger partial charge in [-0.15, -0.1) is 0 Å². The standard InChI is InChI=1S/C13H18N2O3/c14-12-7-15(6-11(12)8-16)13(17)18-9-10-4-2-1-3-5-10/h1-5,11-12,16H,6-9,14H2/t11-,12+/m0/s1. The monoisotopic (exact) mass is 250 g/mol. The van der Waals surface area contributed by atoms with E-state index in [0.29, 0.717) is 13.1 Å². The first-order chi connectivity index (χ1) is 8.70. The van der Waals surface area contributed by atoms with Crippen LogP contribution >= 0.6 is 0 Å². The van der Waals surface area contributed by atoms with E-state index < -0.39 is 0 Å². The van der Waals surface area contributed by atoms with Crippen LogP contribution in [0.25, 0.3) is 0 Å². The lowest BCUT2D eigenvalue weighted by molar-refractivity contribution is 0.101. The summed E-state index contributed by atoms with van der Waals surface area (Å²) in [5.41, 5.74) is 6.77. The van der Waals surface area contributed by atoms with Crippen LogP contribution in [0.1, 0.15) is 5.56 Å². The van der Waals surface area contributed by atoms with E-state index in [4.69, 9.17) is 15.6 Å². The Morgan fingerprint density at radius 1 is 1.39 bits per heavy atom. The van der Waals surface area contributed by atoms with Crippen molar-refractivity contribution in [1.82, 2.24) is 4.90 Å². The number of nitrogens with two attached hydrogens (primary N) is 1. The molecule has 1 aliphatic heterocycles. The largest absolute Gasteiger partial charge is 0.445 e. The molecule has 1 amide bonds. The molecule has 0 aliphatic carbocycles. The van der Waals surface area contributed by atoms with Gasteiger partial charge in [0.25, 0.3) is 0 Å². The van der Waals surface area contributed by atoms with Gasteiger partial charge < -0.3 is 20.5 Å². The summed E-state index contributed by atoms with van der Waals surface area (Å²) in [4.78, 5) is 13.3. The lowest BCUT2D eigenvalue weighted by atomic mass is 10.1. The Morgan fingerprint density at radius 2 is 2.11 bits per heavy atom. The molecule has 0 unspecified atom stereocenters. The fourth-order valence-electron chi connectivity index (χ4n) is 2.05. The van der Waals surface area contributed by atoms with E-state index in [-0.39, 0.29) is 31.3 Å². The van der Waals surface area contributed by atoms with E-state index in [9.17, 15) is 4.79 Å². The molecule has 2 atom stereocenters. The van der Waals surface area contributed by atoms with Crippen molar-refractivity contribution >= 4 is 6.09 Å². The predicted octanol–water partition coefficient (Wildman–Crippen LogP) is 0.575. The number of carbonyl (C=O) groups is 1. The van der Waals surface area contributed by atoms with Gasteiger partial charge in [-0.1, -0.05) is 30.3 Å². The number of aliphatic hydroxyl groups is 1. The zero-order valence-corrected chi connectivity index (χ0v) is 10.2. The summed E-state index contributed by atoms with van der Waals surface area (Å²) < 4.78 is 5.20. The molecule has 1 saturated heterocycles. The third kappa shape index (κ3) is 3.00. The Hall–Kier alpha value is -1.59. The number of nitrogens with zero attached hydrogens (tertiary/aromatic N) is 1. The van der Waals surface area contributed by atoms with Gasteiger partial charge in [-0.2, -0.15) is 0 Å². The molecule has 18 heavy (non-hydrogen) atoms. The van der Waals surface area contributed by atoms with Gasteiger partial charge >= 0.3 is 6.09 Å². The molecule has 0 bridgehead atoms. The van der Waals surface area contributed by atoms with Crippen LogP contribution in [-0.2, 0) is 11.3 Å². The van der Waals surface area contributed by atoms with Crippen molar-refractivity contribution in [2.45, 2.75) is 12.6 Å². The van der Waals surface area contributed by atoms with Crippen molar-refractivity contribution in [2.75, 3.05) is 19.7 Å². The van der Waals surface area contributed by atoms with Crippen molar-refractivity contribution in [1.29, 1.82) is 0 Å². The van der Waals surface area contributed by atoms with Gasteiger partial charge in [0.05, 0.1) is 0 Å². The molecule has 1 aromatic carbocycles. The van der Waals surface area contributed by atoms with E-state index in [1.807, 2.05) is 30.3 Å². The molecule has 1 aromatic rings. The van der Waals surface area contributed by atoms with Crippen LogP contribution in [0, 0.1) is 5.92 Å². The van der Waals surface area contributed by atoms with E-state index in [1.165, 1.54) is 0 Å². The number of aliphatic hydroxyl groups excluding tert-OH is 1. The summed E-state index contributed by atoms with van der Waals surface area (Å²) >= 11 is 0. The molecule has 0 radical (unpaired) electrons. The maximum Gasteiger partial charge on any atom is 0.410 e. The molecule has 3 N–H and O–H groups in total. The third-order valence-corrected chi connectivity index (χ3v) is 3.19. The molecule has 5 heteroatoms. The SMILES string of the molecule is N[C@@H]1CN(C(=O)OCc2ccccc2)C[C@H]1CO. The van der Waals surface area contributed by atoms with Crippen LogP contribution in [0.5, 0.6) is 0 Å². The quantitative estimate of drug-likeness (QED) is 0.822. The highest BCUT2D eigenvalue weighted by Gasteiger charge is 2.33. The van der Waals surface area contributed by atoms with E-state index >= 15 is 0 Å². The first kappa shape index (κ1) is 12.9. The summed E-state index contributed by atoms with van der Waals surface area (Å²) in [6, 6.07) is 9.35. The highest BCUT2D eigenvalue weighted by molar-refractivity contribution is 5.68. The second-order valence-corrected chi connectivity index (χ2v) is 4.55. The molecule has 2 rings (SSSR count). The first-order valence-corrected chi connectivity index (χ1v) is 6.02. The Morgan fingerprint density at radius 3 is 2.72 bits per heavy atom. The fraction of sp³-hybridized carbons (Fsp3) is 0.462. The van der Waals surface area contributed by atoms with Gasteiger partial charge in [0.15, 0.2) is 0 Å². The Balaban J connectivity index is 1.82. The predicted molar refractivity (Wildman–Crippen MR) is 66.8 cm³/mol. The average Bonchev–Trinajstić information content (AvgIpc) is 2.78. The number of amides is 1. The highest BCUT2D eigenvalue weighted by Crippen LogP contribution is 2.16. The summed E-state index contributed by atoms with van der Waals surface area (Å²) in [7, 11) is 0. The average molecular weight is 250 g/mol. The normalized spacial score (nSPS) is 23.1. The second kappa shape index (κ2) is 5.84. The number of benzene rings is 1. The van der Waals surface area contributed by atoms with Crippen LogP contribution in [0.2, 0.25) is 0 Å². The zero-order chi connectivity index (χ0) is 13.0. The van der Waals surface area contributed by atoms with Crippen molar-refractivity contribution < 1.29 is 14.6 Å². The molecule has 0 saturated carbocycles. The maximum atomic E-state index is 11.8. The molecule has 98 valence electrons. The van der Waals surface area contributed by atoms with E-state index in [2.05, 4.69) is 0 Å². The molecular formula is C13H18N2O3. The second-order valence-electron chi connectivity index (χ2n) is 4.55. The van der Waals surface area contributed by atoms with Crippen LogP contribution in [-0.4, -0.2) is 41.8 Å². The molecular weight excluding hydrogens is 232 g/mol. The van der Waals surface area contributed by atoms with Gasteiger partial charge in [-0.25, -0.2) is 4.79 Å². The van der Waals surface area contributed by atoms with Crippen molar-refractivity contribution in [3.05, 3.63) is 35.9 Å². The van der Waals surface area contributed by atoms with Crippen LogP contribution in [0.4, 0.5) is 4.79 Å². The summed E-state index contributed by atoms with van der Waals surface area (Å²) in [6.07, 6.45) is -0.370. The van der Waals surface area contributed by atoms with Crippen LogP contribution in [0.15, 0.2) is 30.3 Å². The van der Waals surface area contributed by atoms with Gasteiger partial charge in [-0.05, 0) is 5.56 Å². The summed E-state index contributed by atoms with van der Waals surface area (Å²) in [5.74, 6) is -0.0470. The number of carbonyl (C=O) groups excluding carboxylic acids is 1. The molecule has 5 nitrogen and oxygen atoms in total. The lowest BCUT2D eigenvalue weighted by Crippen LogP contribution is -2.33. The Bertz CT molecular complexity index is 396. The number of ether oxygens (including phenoxy) is 1. The Kier molecular flexibility index (Phi) is 4.17. The molecule has 1 heterocycles.